The molecule has 1 aliphatic carbocycles. The highest BCUT2D eigenvalue weighted by Gasteiger charge is 2.53. The van der Waals surface area contributed by atoms with Crippen molar-refractivity contribution in [3.63, 3.8) is 0 Å². The number of fused-ring (bicyclic) bond motifs is 3. The summed E-state index contributed by atoms with van der Waals surface area (Å²) in [6.45, 7) is 12.8. The van der Waals surface area contributed by atoms with Crippen LogP contribution in [0.25, 0.3) is 0 Å². The van der Waals surface area contributed by atoms with Gasteiger partial charge in [-0.3, -0.25) is 28.9 Å². The average molecular weight is 999 g/mol. The molecule has 1 amide bonds. The molecular weight excluding hydrogens is 913 g/mol. The van der Waals surface area contributed by atoms with Crippen molar-refractivity contribution in [3.05, 3.63) is 47.6 Å². The molecule has 2 bridgehead atoms. The van der Waals surface area contributed by atoms with Crippen LogP contribution in [-0.4, -0.2) is 158 Å². The van der Waals surface area contributed by atoms with E-state index in [9.17, 15) is 39.0 Å². The average Bonchev–Trinajstić information content (AvgIpc) is 3.33. The Morgan fingerprint density at radius 3 is 2.25 bits per heavy atom. The number of methoxy groups -OCH3 is 3. The van der Waals surface area contributed by atoms with Crippen molar-refractivity contribution in [2.24, 2.45) is 35.5 Å². The van der Waals surface area contributed by atoms with Gasteiger partial charge in [0, 0.05) is 58.5 Å². The highest BCUT2D eigenvalue weighted by molar-refractivity contribution is 6.39. The van der Waals surface area contributed by atoms with Crippen LogP contribution in [0, 0.1) is 35.5 Å². The van der Waals surface area contributed by atoms with Gasteiger partial charge < -0.3 is 43.5 Å². The molecule has 3 aliphatic heterocycles. The van der Waals surface area contributed by atoms with E-state index in [1.54, 1.807) is 60.1 Å². The van der Waals surface area contributed by atoms with Gasteiger partial charge in [-0.2, -0.15) is 0 Å². The quantitative estimate of drug-likeness (QED) is 0.148. The zero-order chi connectivity index (χ0) is 52.7. The van der Waals surface area contributed by atoms with Crippen molar-refractivity contribution in [1.29, 1.82) is 0 Å². The molecule has 16 heteroatoms. The Hall–Kier alpha value is -3.90. The molecule has 3 fully saturated rings. The van der Waals surface area contributed by atoms with Gasteiger partial charge in [0.2, 0.25) is 5.79 Å². The van der Waals surface area contributed by atoms with Crippen molar-refractivity contribution in [3.8, 4) is 0 Å². The maximum atomic E-state index is 14.5. The molecule has 4 rings (SSSR count). The number of carbonyl (C=O) groups excluding carboxylic acids is 6. The van der Waals surface area contributed by atoms with Gasteiger partial charge in [-0.1, -0.05) is 71.1 Å². The molecule has 2 N–H and O–H groups in total. The minimum Gasteiger partial charge on any atom is -0.460 e. The number of cyclic esters (lactones) is 1. The number of allylic oxidation sites excluding steroid dienone is 6. The first kappa shape index (κ1) is 59.7. The molecule has 15 atom stereocenters. The van der Waals surface area contributed by atoms with Gasteiger partial charge in [-0.25, -0.2) is 4.79 Å². The van der Waals surface area contributed by atoms with Crippen LogP contribution >= 0.6 is 0 Å². The molecule has 3 heterocycles. The molecule has 4 aliphatic rings. The van der Waals surface area contributed by atoms with Crippen molar-refractivity contribution < 1.29 is 67.4 Å². The van der Waals surface area contributed by atoms with Gasteiger partial charge >= 0.3 is 11.9 Å². The Kier molecular flexibility index (Phi) is 23.5. The summed E-state index contributed by atoms with van der Waals surface area (Å²) < 4.78 is 35.6. The summed E-state index contributed by atoms with van der Waals surface area (Å²) in [5, 5.41) is 23.5. The van der Waals surface area contributed by atoms with Crippen LogP contribution in [-0.2, 0) is 57.2 Å². The van der Waals surface area contributed by atoms with E-state index in [2.05, 4.69) is 0 Å². The number of likely N-dealkylation sites (N-methyl/N-ethyl adjacent to an activating group) is 1. The number of piperidine rings is 1. The van der Waals surface area contributed by atoms with Crippen LogP contribution in [0.2, 0.25) is 0 Å². The van der Waals surface area contributed by atoms with Gasteiger partial charge in [0.05, 0.1) is 24.9 Å². The maximum Gasteiger partial charge on any atom is 0.329 e. The van der Waals surface area contributed by atoms with Gasteiger partial charge in [0.1, 0.15) is 36.2 Å². The summed E-state index contributed by atoms with van der Waals surface area (Å²) in [5.41, 5.74) is 1.25. The number of Topliss-reactive ketones (excluding diaryl/α,β-unsaturated/α-hetero) is 3. The topological polar surface area (TPSA) is 205 Å². The summed E-state index contributed by atoms with van der Waals surface area (Å²) >= 11 is 0. The molecule has 1 saturated carbocycles. The normalized spacial score (nSPS) is 38.0. The minimum atomic E-state index is -2.45. The number of nitrogens with zero attached hydrogens (tertiary/aromatic N) is 2. The third kappa shape index (κ3) is 16.6. The summed E-state index contributed by atoms with van der Waals surface area (Å²) in [6, 6.07) is -1.17. The highest BCUT2D eigenvalue weighted by Crippen LogP contribution is 2.38. The van der Waals surface area contributed by atoms with Gasteiger partial charge in [-0.15, -0.1) is 0 Å². The Morgan fingerprint density at radius 1 is 0.873 bits per heavy atom. The van der Waals surface area contributed by atoms with Crippen LogP contribution in [0.15, 0.2) is 47.6 Å². The molecule has 16 nitrogen and oxygen atoms in total. The van der Waals surface area contributed by atoms with E-state index in [1.807, 2.05) is 58.1 Å². The Labute approximate surface area is 422 Å². The lowest BCUT2D eigenvalue weighted by Gasteiger charge is -2.42. The zero-order valence-electron chi connectivity index (χ0n) is 44.6. The second-order valence-corrected chi connectivity index (χ2v) is 21.3. The molecule has 0 unspecified atom stereocenters. The molecule has 0 aromatic rings. The Bertz CT molecular complexity index is 1950. The number of hydrogen-bond donors (Lipinski definition) is 2. The summed E-state index contributed by atoms with van der Waals surface area (Å²) in [5.74, 6) is -8.55. The second kappa shape index (κ2) is 28.0. The standard InChI is InChI=1S/C55H86N2O14/c1-33-18-14-13-15-19-34(2)45(66-10)30-41-23-21-39(7)55(65,71-41)52(62)53(63)57-25-17-16-20-42(57)54(64)70-46(31-43(58)35(3)27-38(6)50(61)51(68-12)49(60)37(5)26-33)36(4)28-40-22-24-44(47(29-40)67-11)69-48(59)32-56(8)9/h13-15,18-19,27,33,35-37,39-42,44-47,50-51,61,65H,16-17,20-26,28-32H2,1-12H3/b15-13+,18-14-,34-19+,38-27+/t33-,35-,36-,37-,39-,40+,41+,42+,44-,45+,46+,47-,50-,51+,55-/m1/s1. The lowest BCUT2D eigenvalue weighted by Crippen LogP contribution is -2.61. The van der Waals surface area contributed by atoms with E-state index < -0.39 is 83.9 Å². The fourth-order valence-corrected chi connectivity index (χ4v) is 10.7. The number of ether oxygens (including phenoxy) is 6. The van der Waals surface area contributed by atoms with E-state index in [-0.39, 0.29) is 67.3 Å². The van der Waals surface area contributed by atoms with E-state index in [1.165, 1.54) is 12.0 Å². The van der Waals surface area contributed by atoms with Crippen LogP contribution in [0.4, 0.5) is 0 Å². The van der Waals surface area contributed by atoms with Crippen LogP contribution in [0.1, 0.15) is 126 Å². The SMILES string of the molecule is CO[C@H]1C[C@@H]2CC[C@@H](C)[C@@](O)(O2)C(=O)C(=O)N2CCCC[C@H]2C(=O)O[C@H]([C@H](C)C[C@@H]2CC[C@@H](OC(=O)CN(C)C)[C@H](OC)C2)CC(=O)[C@H](C)/C=C(\C)[C@@H](O)[C@@H](OC)C(=O)[C@H](C)C[C@H](C)\C=C/C=C/C=C/1C. The van der Waals surface area contributed by atoms with Crippen LogP contribution < -0.4 is 0 Å². The smallest absolute Gasteiger partial charge is 0.329 e. The van der Waals surface area contributed by atoms with Crippen molar-refractivity contribution >= 4 is 35.2 Å². The largest absolute Gasteiger partial charge is 0.460 e. The highest BCUT2D eigenvalue weighted by atomic mass is 16.6. The molecule has 400 valence electrons. The second-order valence-electron chi connectivity index (χ2n) is 21.3. The third-order valence-electron chi connectivity index (χ3n) is 15.2. The number of amides is 1. The minimum absolute atomic E-state index is 0.00828. The van der Waals surface area contributed by atoms with Gasteiger partial charge in [0.25, 0.3) is 11.7 Å². The van der Waals surface area contributed by atoms with Gasteiger partial charge in [0.15, 0.2) is 5.78 Å². The number of hydrogen-bond acceptors (Lipinski definition) is 15. The fourth-order valence-electron chi connectivity index (χ4n) is 10.7. The summed E-state index contributed by atoms with van der Waals surface area (Å²) in [6.07, 6.45) is 11.0. The summed E-state index contributed by atoms with van der Waals surface area (Å²) in [4.78, 5) is 86.7. The molecule has 0 radical (unpaired) electrons. The number of ketones is 3. The lowest BCUT2D eigenvalue weighted by molar-refractivity contribution is -0.265. The van der Waals surface area contributed by atoms with Crippen molar-refractivity contribution in [2.75, 3.05) is 48.5 Å². The van der Waals surface area contributed by atoms with E-state index in [0.717, 1.165) is 5.57 Å². The first-order valence-corrected chi connectivity index (χ1v) is 25.9. The molecule has 0 aromatic heterocycles. The van der Waals surface area contributed by atoms with Crippen LogP contribution in [0.3, 0.4) is 0 Å². The van der Waals surface area contributed by atoms with Gasteiger partial charge in [-0.05, 0) is 121 Å². The Morgan fingerprint density at radius 2 is 1.59 bits per heavy atom. The van der Waals surface area contributed by atoms with Crippen LogP contribution in [0.5, 0.6) is 0 Å². The fraction of sp³-hybridized carbons (Fsp3) is 0.745. The first-order valence-electron chi connectivity index (χ1n) is 25.9. The van der Waals surface area contributed by atoms with E-state index in [4.69, 9.17) is 28.4 Å². The van der Waals surface area contributed by atoms with E-state index in [0.29, 0.717) is 69.8 Å². The molecular formula is C55H86N2O14. The molecule has 0 aromatic carbocycles. The maximum absolute atomic E-state index is 14.5. The number of esters is 2. The first-order chi connectivity index (χ1) is 33.5. The third-order valence-corrected chi connectivity index (χ3v) is 15.2. The summed E-state index contributed by atoms with van der Waals surface area (Å²) in [7, 11) is 8.11. The predicted octanol–water partition coefficient (Wildman–Crippen LogP) is 6.29. The zero-order valence-corrected chi connectivity index (χ0v) is 44.6. The molecule has 0 spiro atoms. The number of aliphatic hydroxyl groups is 2. The van der Waals surface area contributed by atoms with E-state index >= 15 is 0 Å². The Balaban J connectivity index is 1.69. The number of rotatable bonds is 9. The van der Waals surface area contributed by atoms with Crippen molar-refractivity contribution in [2.45, 2.75) is 180 Å². The van der Waals surface area contributed by atoms with Crippen molar-refractivity contribution in [1.82, 2.24) is 9.80 Å². The molecule has 2 saturated heterocycles. The molecule has 71 heavy (non-hydrogen) atoms. The number of aliphatic hydroxyl groups excluding tert-OH is 1. The predicted molar refractivity (Wildman–Crippen MR) is 268 cm³/mol. The monoisotopic (exact) mass is 999 g/mol. The number of carbonyl (C=O) groups is 6. The lowest BCUT2D eigenvalue weighted by atomic mass is 9.78.